The second kappa shape index (κ2) is 3.49. The van der Waals surface area contributed by atoms with E-state index in [1.165, 1.54) is 0 Å². The predicted octanol–water partition coefficient (Wildman–Crippen LogP) is 1.01. The maximum atomic E-state index is 11.2. The van der Waals surface area contributed by atoms with Crippen LogP contribution in [0.1, 0.15) is 17.9 Å². The van der Waals surface area contributed by atoms with Crippen LogP contribution in [0.4, 0.5) is 5.69 Å². The Kier molecular flexibility index (Phi) is 2.11. The summed E-state index contributed by atoms with van der Waals surface area (Å²) in [6, 6.07) is 7.79. The number of aliphatic carboxylic acids is 1. The number of rotatable bonds is 1. The van der Waals surface area contributed by atoms with Crippen molar-refractivity contribution in [2.24, 2.45) is 0 Å². The van der Waals surface area contributed by atoms with E-state index in [1.54, 1.807) is 0 Å². The SMILES string of the molecule is O=C(O)[C@H]1NCCC2Nc3ccccc3C21. The maximum absolute atomic E-state index is 11.2. The first-order chi connectivity index (χ1) is 7.77. The average molecular weight is 218 g/mol. The van der Waals surface area contributed by atoms with Crippen LogP contribution in [0.2, 0.25) is 0 Å². The number of benzene rings is 1. The van der Waals surface area contributed by atoms with Crippen LogP contribution in [0.3, 0.4) is 0 Å². The van der Waals surface area contributed by atoms with Crippen LogP contribution in [-0.4, -0.2) is 29.7 Å². The number of para-hydroxylation sites is 1. The summed E-state index contributed by atoms with van der Waals surface area (Å²) in [5.41, 5.74) is 2.22. The monoisotopic (exact) mass is 218 g/mol. The number of nitrogens with one attached hydrogen (secondary N) is 2. The Bertz CT molecular complexity index is 433. The lowest BCUT2D eigenvalue weighted by Crippen LogP contribution is -2.51. The fourth-order valence-electron chi connectivity index (χ4n) is 2.85. The molecular weight excluding hydrogens is 204 g/mol. The van der Waals surface area contributed by atoms with Gasteiger partial charge in [0.25, 0.3) is 0 Å². The molecule has 3 atom stereocenters. The van der Waals surface area contributed by atoms with Gasteiger partial charge in [0.2, 0.25) is 0 Å². The van der Waals surface area contributed by atoms with E-state index in [0.29, 0.717) is 0 Å². The van der Waals surface area contributed by atoms with E-state index in [-0.39, 0.29) is 12.0 Å². The molecule has 0 spiro atoms. The van der Waals surface area contributed by atoms with Crippen molar-refractivity contribution in [1.82, 2.24) is 5.32 Å². The van der Waals surface area contributed by atoms with Gasteiger partial charge in [0.05, 0.1) is 0 Å². The van der Waals surface area contributed by atoms with Crippen LogP contribution in [0.5, 0.6) is 0 Å². The second-order valence-electron chi connectivity index (χ2n) is 4.42. The first kappa shape index (κ1) is 9.66. The van der Waals surface area contributed by atoms with Gasteiger partial charge in [0, 0.05) is 17.6 Å². The van der Waals surface area contributed by atoms with Gasteiger partial charge in [-0.25, -0.2) is 0 Å². The molecular formula is C12H14N2O2. The summed E-state index contributed by atoms with van der Waals surface area (Å²) in [6.07, 6.45) is 0.975. The van der Waals surface area contributed by atoms with Crippen molar-refractivity contribution < 1.29 is 9.90 Å². The number of hydrogen-bond donors (Lipinski definition) is 3. The maximum Gasteiger partial charge on any atom is 0.321 e. The number of carboxylic acid groups (broad SMARTS) is 1. The van der Waals surface area contributed by atoms with E-state index in [2.05, 4.69) is 10.6 Å². The Morgan fingerprint density at radius 1 is 1.38 bits per heavy atom. The summed E-state index contributed by atoms with van der Waals surface area (Å²) in [6.45, 7) is 0.763. The molecule has 2 heterocycles. The Morgan fingerprint density at radius 3 is 3.00 bits per heavy atom. The zero-order chi connectivity index (χ0) is 11.1. The van der Waals surface area contributed by atoms with Crippen LogP contribution in [-0.2, 0) is 4.79 Å². The molecule has 1 saturated heterocycles. The number of carbonyl (C=O) groups is 1. The van der Waals surface area contributed by atoms with Crippen molar-refractivity contribution in [2.45, 2.75) is 24.4 Å². The van der Waals surface area contributed by atoms with E-state index in [9.17, 15) is 9.90 Å². The van der Waals surface area contributed by atoms with Crippen molar-refractivity contribution in [1.29, 1.82) is 0 Å². The lowest BCUT2D eigenvalue weighted by Gasteiger charge is -2.32. The first-order valence-electron chi connectivity index (χ1n) is 5.59. The third-order valence-electron chi connectivity index (χ3n) is 3.54. The molecule has 2 unspecified atom stereocenters. The molecule has 4 heteroatoms. The normalized spacial score (nSPS) is 31.4. The topological polar surface area (TPSA) is 61.4 Å². The van der Waals surface area contributed by atoms with Gasteiger partial charge < -0.3 is 15.7 Å². The van der Waals surface area contributed by atoms with E-state index >= 15 is 0 Å². The first-order valence-corrected chi connectivity index (χ1v) is 5.59. The molecule has 4 nitrogen and oxygen atoms in total. The van der Waals surface area contributed by atoms with Gasteiger partial charge in [-0.15, -0.1) is 0 Å². The van der Waals surface area contributed by atoms with Crippen molar-refractivity contribution in [3.8, 4) is 0 Å². The molecule has 0 aliphatic carbocycles. The van der Waals surface area contributed by atoms with Crippen LogP contribution in [0.25, 0.3) is 0 Å². The highest BCUT2D eigenvalue weighted by molar-refractivity contribution is 5.77. The van der Waals surface area contributed by atoms with Crippen LogP contribution >= 0.6 is 0 Å². The van der Waals surface area contributed by atoms with Crippen LogP contribution in [0, 0.1) is 0 Å². The van der Waals surface area contributed by atoms with E-state index in [1.807, 2.05) is 24.3 Å². The molecule has 0 saturated carbocycles. The van der Waals surface area contributed by atoms with Gasteiger partial charge in [0.15, 0.2) is 0 Å². The highest BCUT2D eigenvalue weighted by Gasteiger charge is 2.43. The van der Waals surface area contributed by atoms with Gasteiger partial charge in [-0.1, -0.05) is 18.2 Å². The molecule has 0 amide bonds. The van der Waals surface area contributed by atoms with Gasteiger partial charge >= 0.3 is 5.97 Å². The van der Waals surface area contributed by atoms with Crippen molar-refractivity contribution in [3.05, 3.63) is 29.8 Å². The summed E-state index contributed by atoms with van der Waals surface area (Å²) >= 11 is 0. The molecule has 3 rings (SSSR count). The molecule has 0 radical (unpaired) electrons. The minimum atomic E-state index is -0.756. The predicted molar refractivity (Wildman–Crippen MR) is 60.6 cm³/mol. The Morgan fingerprint density at radius 2 is 2.19 bits per heavy atom. The second-order valence-corrected chi connectivity index (χ2v) is 4.42. The zero-order valence-corrected chi connectivity index (χ0v) is 8.81. The Hall–Kier alpha value is -1.55. The number of carboxylic acids is 1. The molecule has 2 aliphatic rings. The summed E-state index contributed by atoms with van der Waals surface area (Å²) in [7, 11) is 0. The summed E-state index contributed by atoms with van der Waals surface area (Å²) in [5.74, 6) is -0.698. The van der Waals surface area contributed by atoms with Crippen LogP contribution in [0.15, 0.2) is 24.3 Å². The molecule has 3 N–H and O–H groups in total. The molecule has 2 aliphatic heterocycles. The molecule has 1 aromatic rings. The molecule has 84 valence electrons. The Balaban J connectivity index is 2.02. The number of hydrogen-bond acceptors (Lipinski definition) is 3. The summed E-state index contributed by atoms with van der Waals surface area (Å²) in [5, 5.41) is 15.7. The van der Waals surface area contributed by atoms with E-state index < -0.39 is 12.0 Å². The van der Waals surface area contributed by atoms with Gasteiger partial charge in [-0.05, 0) is 24.6 Å². The smallest absolute Gasteiger partial charge is 0.321 e. The van der Waals surface area contributed by atoms with Gasteiger partial charge in [0.1, 0.15) is 6.04 Å². The quantitative estimate of drug-likeness (QED) is 0.658. The number of anilines is 1. The third kappa shape index (κ3) is 1.30. The van der Waals surface area contributed by atoms with Gasteiger partial charge in [-0.2, -0.15) is 0 Å². The van der Waals surface area contributed by atoms with Crippen LogP contribution < -0.4 is 10.6 Å². The fourth-order valence-corrected chi connectivity index (χ4v) is 2.85. The van der Waals surface area contributed by atoms with Crippen molar-refractivity contribution >= 4 is 11.7 Å². The molecule has 0 aromatic heterocycles. The highest BCUT2D eigenvalue weighted by Crippen LogP contribution is 2.40. The number of piperidine rings is 1. The van der Waals surface area contributed by atoms with Crippen molar-refractivity contribution in [2.75, 3.05) is 11.9 Å². The molecule has 0 bridgehead atoms. The lowest BCUT2D eigenvalue weighted by molar-refractivity contribution is -0.140. The highest BCUT2D eigenvalue weighted by atomic mass is 16.4. The minimum Gasteiger partial charge on any atom is -0.480 e. The van der Waals surface area contributed by atoms with E-state index in [0.717, 1.165) is 24.2 Å². The van der Waals surface area contributed by atoms with E-state index in [4.69, 9.17) is 0 Å². The van der Waals surface area contributed by atoms with Gasteiger partial charge in [-0.3, -0.25) is 4.79 Å². The Labute approximate surface area is 93.7 Å². The lowest BCUT2D eigenvalue weighted by atomic mass is 9.83. The average Bonchev–Trinajstić information content (AvgIpc) is 2.66. The minimum absolute atomic E-state index is 0.0578. The number of fused-ring (bicyclic) bond motifs is 3. The summed E-state index contributed by atoms with van der Waals surface area (Å²) < 4.78 is 0. The summed E-state index contributed by atoms with van der Waals surface area (Å²) in [4.78, 5) is 11.2. The largest absolute Gasteiger partial charge is 0.480 e. The molecule has 1 aromatic carbocycles. The fraction of sp³-hybridized carbons (Fsp3) is 0.417. The standard InChI is InChI=1S/C12H14N2O2/c15-12(16)11-10-7-3-1-2-4-8(7)14-9(10)5-6-13-11/h1-4,9-11,13-14H,5-6H2,(H,15,16)/t9?,10?,11-/m0/s1. The molecule has 16 heavy (non-hydrogen) atoms. The zero-order valence-electron chi connectivity index (χ0n) is 8.81. The van der Waals surface area contributed by atoms with Crippen molar-refractivity contribution in [3.63, 3.8) is 0 Å². The third-order valence-corrected chi connectivity index (χ3v) is 3.54. The molecule has 1 fully saturated rings.